The Labute approximate surface area is 73.1 Å². The van der Waals surface area contributed by atoms with Crippen molar-refractivity contribution >= 4 is 0 Å². The van der Waals surface area contributed by atoms with Crippen LogP contribution in [0.5, 0.6) is 0 Å². The van der Waals surface area contributed by atoms with Gasteiger partial charge >= 0.3 is 0 Å². The van der Waals surface area contributed by atoms with Gasteiger partial charge in [-0.1, -0.05) is 0 Å². The van der Waals surface area contributed by atoms with E-state index < -0.39 is 0 Å². The van der Waals surface area contributed by atoms with Crippen LogP contribution in [0.4, 0.5) is 0 Å². The molecule has 2 rings (SSSR count). The number of rotatable bonds is 0. The fraction of sp³-hybridized carbons (Fsp3) is 1.00. The van der Waals surface area contributed by atoms with Gasteiger partial charge in [0.15, 0.2) is 0 Å². The first kappa shape index (κ1) is 8.48. The maximum absolute atomic E-state index is 9.53. The second-order valence-corrected chi connectivity index (χ2v) is 4.01. The predicted octanol–water partition coefficient (Wildman–Crippen LogP) is 0.280. The van der Waals surface area contributed by atoms with E-state index in [-0.39, 0.29) is 11.6 Å². The van der Waals surface area contributed by atoms with E-state index in [0.717, 1.165) is 45.4 Å². The number of nitrogens with one attached hydrogen (secondary N) is 1. The number of aliphatic hydroxyl groups excluding tert-OH is 1. The molecule has 2 unspecified atom stereocenters. The Hall–Kier alpha value is -0.120. The van der Waals surface area contributed by atoms with Gasteiger partial charge in [-0.3, -0.25) is 0 Å². The number of hydrogen-bond acceptors (Lipinski definition) is 3. The molecular weight excluding hydrogens is 154 g/mol. The molecule has 2 aliphatic heterocycles. The molecule has 0 saturated carbocycles. The van der Waals surface area contributed by atoms with Crippen LogP contribution in [0.25, 0.3) is 0 Å². The molecule has 3 nitrogen and oxygen atoms in total. The third-order valence-corrected chi connectivity index (χ3v) is 2.93. The molecule has 0 radical (unpaired) electrons. The molecule has 2 saturated heterocycles. The van der Waals surface area contributed by atoms with E-state index in [0.29, 0.717) is 0 Å². The van der Waals surface area contributed by atoms with Crippen molar-refractivity contribution in [3.05, 3.63) is 0 Å². The summed E-state index contributed by atoms with van der Waals surface area (Å²) < 4.78 is 5.44. The lowest BCUT2D eigenvalue weighted by molar-refractivity contribution is -0.0233. The van der Waals surface area contributed by atoms with E-state index in [2.05, 4.69) is 5.32 Å². The van der Waals surface area contributed by atoms with Gasteiger partial charge in [-0.2, -0.15) is 0 Å². The summed E-state index contributed by atoms with van der Waals surface area (Å²) in [6.45, 7) is 2.61. The van der Waals surface area contributed by atoms with E-state index in [1.807, 2.05) is 0 Å². The molecule has 0 aromatic carbocycles. The van der Waals surface area contributed by atoms with Gasteiger partial charge in [-0.15, -0.1) is 0 Å². The minimum Gasteiger partial charge on any atom is -0.393 e. The molecule has 2 aliphatic rings. The highest BCUT2D eigenvalue weighted by molar-refractivity contribution is 4.95. The predicted molar refractivity (Wildman–Crippen MR) is 46.0 cm³/mol. The van der Waals surface area contributed by atoms with Gasteiger partial charge in [-0.05, 0) is 32.2 Å². The average molecular weight is 171 g/mol. The third kappa shape index (κ3) is 1.63. The summed E-state index contributed by atoms with van der Waals surface area (Å²) in [7, 11) is 0. The Balaban J connectivity index is 1.97. The van der Waals surface area contributed by atoms with Crippen molar-refractivity contribution in [3.63, 3.8) is 0 Å². The summed E-state index contributed by atoms with van der Waals surface area (Å²) in [5.74, 6) is 0. The van der Waals surface area contributed by atoms with Crippen molar-refractivity contribution in [2.24, 2.45) is 0 Å². The maximum atomic E-state index is 9.53. The highest BCUT2D eigenvalue weighted by atomic mass is 16.5. The molecule has 70 valence electrons. The molecule has 0 aliphatic carbocycles. The fourth-order valence-corrected chi connectivity index (χ4v) is 2.28. The Morgan fingerprint density at radius 2 is 2.42 bits per heavy atom. The Kier molecular flexibility index (Phi) is 2.35. The van der Waals surface area contributed by atoms with Crippen LogP contribution in [0.1, 0.15) is 25.7 Å². The molecule has 3 heteroatoms. The summed E-state index contributed by atoms with van der Waals surface area (Å²) in [6.07, 6.45) is 3.92. The number of ether oxygens (including phenoxy) is 1. The van der Waals surface area contributed by atoms with Gasteiger partial charge in [0.05, 0.1) is 12.7 Å². The SMILES string of the molecule is OC1CCNC2(CCCOC2)C1. The lowest BCUT2D eigenvalue weighted by Gasteiger charge is -2.42. The molecule has 0 aromatic heterocycles. The summed E-state index contributed by atoms with van der Waals surface area (Å²) in [4.78, 5) is 0. The molecule has 2 fully saturated rings. The maximum Gasteiger partial charge on any atom is 0.0649 e. The van der Waals surface area contributed by atoms with Crippen LogP contribution in [-0.4, -0.2) is 36.5 Å². The Morgan fingerprint density at radius 3 is 3.08 bits per heavy atom. The molecule has 2 N–H and O–H groups in total. The van der Waals surface area contributed by atoms with Crippen LogP contribution in [-0.2, 0) is 4.74 Å². The zero-order valence-corrected chi connectivity index (χ0v) is 7.38. The van der Waals surface area contributed by atoms with Crippen LogP contribution < -0.4 is 5.32 Å². The Bertz CT molecular complexity index is 149. The second kappa shape index (κ2) is 3.32. The quantitative estimate of drug-likeness (QED) is 0.550. The van der Waals surface area contributed by atoms with Gasteiger partial charge in [0.2, 0.25) is 0 Å². The first-order valence-electron chi connectivity index (χ1n) is 4.82. The van der Waals surface area contributed by atoms with Crippen molar-refractivity contribution in [1.29, 1.82) is 0 Å². The van der Waals surface area contributed by atoms with E-state index >= 15 is 0 Å². The third-order valence-electron chi connectivity index (χ3n) is 2.93. The molecule has 2 heterocycles. The first-order chi connectivity index (χ1) is 5.81. The van der Waals surface area contributed by atoms with Crippen LogP contribution in [0, 0.1) is 0 Å². The molecule has 12 heavy (non-hydrogen) atoms. The van der Waals surface area contributed by atoms with Crippen molar-refractivity contribution in [2.45, 2.75) is 37.3 Å². The zero-order chi connectivity index (χ0) is 8.44. The summed E-state index contributed by atoms with van der Waals surface area (Å²) in [6, 6.07) is 0. The second-order valence-electron chi connectivity index (χ2n) is 4.01. The highest BCUT2D eigenvalue weighted by Gasteiger charge is 2.36. The monoisotopic (exact) mass is 171 g/mol. The minimum absolute atomic E-state index is 0.107. The number of piperidine rings is 1. The van der Waals surface area contributed by atoms with Crippen molar-refractivity contribution in [3.8, 4) is 0 Å². The zero-order valence-electron chi connectivity index (χ0n) is 7.38. The van der Waals surface area contributed by atoms with Gasteiger partial charge in [-0.25, -0.2) is 0 Å². The fourth-order valence-electron chi connectivity index (χ4n) is 2.28. The molecular formula is C9H17NO2. The van der Waals surface area contributed by atoms with E-state index in [4.69, 9.17) is 4.74 Å². The van der Waals surface area contributed by atoms with Gasteiger partial charge < -0.3 is 15.2 Å². The summed E-state index contributed by atoms with van der Waals surface area (Å²) in [5.41, 5.74) is 0.107. The standard InChI is InChI=1S/C9H17NO2/c11-8-2-4-10-9(6-8)3-1-5-12-7-9/h8,10-11H,1-7H2. The highest BCUT2D eigenvalue weighted by Crippen LogP contribution is 2.27. The average Bonchev–Trinajstić information content (AvgIpc) is 2.05. The number of aliphatic hydroxyl groups is 1. The van der Waals surface area contributed by atoms with Gasteiger partial charge in [0, 0.05) is 12.1 Å². The molecule has 0 bridgehead atoms. The van der Waals surface area contributed by atoms with Crippen LogP contribution in [0.2, 0.25) is 0 Å². The molecule has 1 spiro atoms. The first-order valence-corrected chi connectivity index (χ1v) is 4.82. The summed E-state index contributed by atoms with van der Waals surface area (Å²) in [5, 5.41) is 13.0. The van der Waals surface area contributed by atoms with Crippen molar-refractivity contribution in [1.82, 2.24) is 5.32 Å². The molecule has 0 amide bonds. The van der Waals surface area contributed by atoms with Crippen LogP contribution in [0.3, 0.4) is 0 Å². The van der Waals surface area contributed by atoms with Crippen molar-refractivity contribution in [2.75, 3.05) is 19.8 Å². The Morgan fingerprint density at radius 1 is 1.50 bits per heavy atom. The normalized spacial score (nSPS) is 43.2. The van der Waals surface area contributed by atoms with E-state index in [9.17, 15) is 5.11 Å². The molecule has 2 atom stereocenters. The van der Waals surface area contributed by atoms with Gasteiger partial charge in [0.25, 0.3) is 0 Å². The van der Waals surface area contributed by atoms with Crippen LogP contribution >= 0.6 is 0 Å². The lowest BCUT2D eigenvalue weighted by Crippen LogP contribution is -2.57. The largest absolute Gasteiger partial charge is 0.393 e. The molecule has 0 aromatic rings. The van der Waals surface area contributed by atoms with E-state index in [1.54, 1.807) is 0 Å². The number of hydrogen-bond donors (Lipinski definition) is 2. The summed E-state index contributed by atoms with van der Waals surface area (Å²) >= 11 is 0. The minimum atomic E-state index is -0.118. The van der Waals surface area contributed by atoms with Crippen molar-refractivity contribution < 1.29 is 9.84 Å². The van der Waals surface area contributed by atoms with Crippen LogP contribution in [0.15, 0.2) is 0 Å². The van der Waals surface area contributed by atoms with E-state index in [1.165, 1.54) is 0 Å². The topological polar surface area (TPSA) is 41.5 Å². The van der Waals surface area contributed by atoms with Gasteiger partial charge in [0.1, 0.15) is 0 Å². The lowest BCUT2D eigenvalue weighted by atomic mass is 9.83. The smallest absolute Gasteiger partial charge is 0.0649 e.